The summed E-state index contributed by atoms with van der Waals surface area (Å²) in [6.07, 6.45) is -3.65. The fourth-order valence-electron chi connectivity index (χ4n) is 2.88. The van der Waals surface area contributed by atoms with Crippen LogP contribution in [-0.4, -0.2) is 48.1 Å². The maximum Gasteiger partial charge on any atom is 0.401 e. The molecule has 1 aliphatic heterocycles. The second kappa shape index (κ2) is 7.16. The lowest BCUT2D eigenvalue weighted by molar-refractivity contribution is -0.385. The van der Waals surface area contributed by atoms with Gasteiger partial charge in [0, 0.05) is 30.3 Å². The zero-order valence-electron chi connectivity index (χ0n) is 13.1. The van der Waals surface area contributed by atoms with Gasteiger partial charge in [-0.15, -0.1) is 0 Å². The average Bonchev–Trinajstić information content (AvgIpc) is 2.90. The molecule has 1 aliphatic rings. The topological polar surface area (TPSA) is 75.5 Å². The Bertz CT molecular complexity index is 634. The quantitative estimate of drug-likeness (QED) is 0.657. The van der Waals surface area contributed by atoms with Crippen molar-refractivity contribution in [2.45, 2.75) is 19.5 Å². The van der Waals surface area contributed by atoms with Crippen LogP contribution >= 0.6 is 0 Å². The second-order valence-corrected chi connectivity index (χ2v) is 5.92. The third-order valence-electron chi connectivity index (χ3n) is 4.07. The number of hydrogen-bond acceptors (Lipinski definition) is 4. The number of amides is 1. The van der Waals surface area contributed by atoms with Crippen molar-refractivity contribution >= 4 is 11.6 Å². The molecule has 1 amide bonds. The van der Waals surface area contributed by atoms with E-state index in [1.807, 2.05) is 0 Å². The molecule has 0 unspecified atom stereocenters. The normalized spacial score (nSPS) is 18.6. The van der Waals surface area contributed by atoms with Crippen molar-refractivity contribution in [3.8, 4) is 0 Å². The molecule has 1 atom stereocenters. The number of halogens is 3. The lowest BCUT2D eigenvalue weighted by Crippen LogP contribution is -2.34. The first-order chi connectivity index (χ1) is 11.2. The van der Waals surface area contributed by atoms with Crippen LogP contribution in [-0.2, 0) is 0 Å². The molecule has 1 aromatic carbocycles. The van der Waals surface area contributed by atoms with Crippen molar-refractivity contribution in [1.29, 1.82) is 0 Å². The Kier molecular flexibility index (Phi) is 5.43. The van der Waals surface area contributed by atoms with Gasteiger partial charge in [-0.05, 0) is 31.9 Å². The van der Waals surface area contributed by atoms with Crippen LogP contribution in [0.3, 0.4) is 0 Å². The van der Waals surface area contributed by atoms with E-state index in [-0.39, 0.29) is 35.8 Å². The van der Waals surface area contributed by atoms with Gasteiger partial charge in [0.15, 0.2) is 0 Å². The Morgan fingerprint density at radius 1 is 1.46 bits per heavy atom. The molecule has 0 aliphatic carbocycles. The van der Waals surface area contributed by atoms with Crippen LogP contribution in [0.1, 0.15) is 22.3 Å². The van der Waals surface area contributed by atoms with Crippen molar-refractivity contribution < 1.29 is 22.9 Å². The molecule has 9 heteroatoms. The van der Waals surface area contributed by atoms with Crippen molar-refractivity contribution in [3.63, 3.8) is 0 Å². The van der Waals surface area contributed by atoms with Crippen LogP contribution in [0.5, 0.6) is 0 Å². The number of alkyl halides is 3. The summed E-state index contributed by atoms with van der Waals surface area (Å²) in [7, 11) is 0. The summed E-state index contributed by atoms with van der Waals surface area (Å²) in [5.41, 5.74) is 0.333. The van der Waals surface area contributed by atoms with E-state index in [1.54, 1.807) is 0 Å². The summed E-state index contributed by atoms with van der Waals surface area (Å²) in [6, 6.07) is 4.24. The molecular weight excluding hydrogens is 327 g/mol. The molecule has 0 aromatic heterocycles. The van der Waals surface area contributed by atoms with Crippen molar-refractivity contribution in [2.24, 2.45) is 5.92 Å². The van der Waals surface area contributed by atoms with Crippen LogP contribution < -0.4 is 5.32 Å². The molecular formula is C15H18F3N3O3. The Morgan fingerprint density at radius 2 is 2.17 bits per heavy atom. The van der Waals surface area contributed by atoms with E-state index in [0.29, 0.717) is 13.0 Å². The summed E-state index contributed by atoms with van der Waals surface area (Å²) in [4.78, 5) is 23.8. The number of rotatable bonds is 5. The highest BCUT2D eigenvalue weighted by Gasteiger charge is 2.34. The number of nitro benzene ring substituents is 1. The molecule has 0 radical (unpaired) electrons. The van der Waals surface area contributed by atoms with Crippen LogP contribution in [0.2, 0.25) is 0 Å². The smallest absolute Gasteiger partial charge is 0.352 e. The number of hydrogen-bond donors (Lipinski definition) is 1. The minimum absolute atomic E-state index is 0.0599. The van der Waals surface area contributed by atoms with Crippen LogP contribution in [0.4, 0.5) is 18.9 Å². The average molecular weight is 345 g/mol. The van der Waals surface area contributed by atoms with Gasteiger partial charge in [-0.1, -0.05) is 6.07 Å². The molecule has 1 heterocycles. The third-order valence-corrected chi connectivity index (χ3v) is 4.07. The van der Waals surface area contributed by atoms with E-state index in [0.717, 1.165) is 0 Å². The SMILES string of the molecule is Cc1c(C(=O)NC[C@H]2CCN(CC(F)(F)F)C2)cccc1[N+](=O)[O-]. The minimum atomic E-state index is -4.22. The molecule has 6 nitrogen and oxygen atoms in total. The van der Waals surface area contributed by atoms with Gasteiger partial charge in [0.05, 0.1) is 11.5 Å². The fourth-order valence-corrected chi connectivity index (χ4v) is 2.88. The molecule has 1 fully saturated rings. The van der Waals surface area contributed by atoms with Crippen LogP contribution in [0, 0.1) is 23.0 Å². The van der Waals surface area contributed by atoms with Gasteiger partial charge >= 0.3 is 6.18 Å². The van der Waals surface area contributed by atoms with Gasteiger partial charge < -0.3 is 5.32 Å². The Morgan fingerprint density at radius 3 is 2.79 bits per heavy atom. The standard InChI is InChI=1S/C15H18F3N3O3/c1-10-12(3-2-4-13(10)21(23)24)14(22)19-7-11-5-6-20(8-11)9-15(16,17)18/h2-4,11H,5-9H2,1H3,(H,19,22)/t11-/m1/s1. The van der Waals surface area contributed by atoms with E-state index in [9.17, 15) is 28.1 Å². The Labute approximate surface area is 136 Å². The predicted molar refractivity (Wildman–Crippen MR) is 80.8 cm³/mol. The molecule has 0 bridgehead atoms. The van der Waals surface area contributed by atoms with Gasteiger partial charge in [-0.3, -0.25) is 19.8 Å². The number of nitrogens with zero attached hydrogens (tertiary/aromatic N) is 2. The maximum absolute atomic E-state index is 12.4. The highest BCUT2D eigenvalue weighted by molar-refractivity contribution is 5.96. The molecule has 1 saturated heterocycles. The molecule has 1 N–H and O–H groups in total. The van der Waals surface area contributed by atoms with E-state index in [1.165, 1.54) is 30.0 Å². The molecule has 1 aromatic rings. The summed E-state index contributed by atoms with van der Waals surface area (Å²) in [5, 5.41) is 13.6. The fraction of sp³-hybridized carbons (Fsp3) is 0.533. The van der Waals surface area contributed by atoms with E-state index < -0.39 is 23.6 Å². The number of likely N-dealkylation sites (tertiary alicyclic amines) is 1. The summed E-state index contributed by atoms with van der Waals surface area (Å²) < 4.78 is 37.1. The van der Waals surface area contributed by atoms with Crippen LogP contribution in [0.25, 0.3) is 0 Å². The van der Waals surface area contributed by atoms with Gasteiger partial charge in [0.1, 0.15) is 0 Å². The first-order valence-corrected chi connectivity index (χ1v) is 7.48. The molecule has 132 valence electrons. The highest BCUT2D eigenvalue weighted by Crippen LogP contribution is 2.23. The van der Waals surface area contributed by atoms with E-state index >= 15 is 0 Å². The summed E-state index contributed by atoms with van der Waals surface area (Å²) >= 11 is 0. The van der Waals surface area contributed by atoms with Gasteiger partial charge in [0.2, 0.25) is 0 Å². The van der Waals surface area contributed by atoms with Gasteiger partial charge in [-0.25, -0.2) is 0 Å². The maximum atomic E-state index is 12.4. The molecule has 0 spiro atoms. The van der Waals surface area contributed by atoms with E-state index in [2.05, 4.69) is 5.32 Å². The Hall–Kier alpha value is -2.16. The van der Waals surface area contributed by atoms with Crippen molar-refractivity contribution in [2.75, 3.05) is 26.2 Å². The number of nitro groups is 1. The zero-order valence-corrected chi connectivity index (χ0v) is 13.1. The molecule has 24 heavy (non-hydrogen) atoms. The number of carbonyl (C=O) groups is 1. The summed E-state index contributed by atoms with van der Waals surface area (Å²) in [5.74, 6) is -0.513. The number of benzene rings is 1. The Balaban J connectivity index is 1.91. The zero-order chi connectivity index (χ0) is 17.9. The third kappa shape index (κ3) is 4.67. The van der Waals surface area contributed by atoms with Gasteiger partial charge in [-0.2, -0.15) is 13.2 Å². The second-order valence-electron chi connectivity index (χ2n) is 5.92. The first kappa shape index (κ1) is 18.2. The number of nitrogens with one attached hydrogen (secondary N) is 1. The highest BCUT2D eigenvalue weighted by atomic mass is 19.4. The number of carbonyl (C=O) groups excluding carboxylic acids is 1. The largest absolute Gasteiger partial charge is 0.401 e. The monoisotopic (exact) mass is 345 g/mol. The lowest BCUT2D eigenvalue weighted by Gasteiger charge is -2.18. The summed E-state index contributed by atoms with van der Waals surface area (Å²) in [6.45, 7) is 1.41. The lowest BCUT2D eigenvalue weighted by atomic mass is 10.1. The van der Waals surface area contributed by atoms with E-state index in [4.69, 9.17) is 0 Å². The van der Waals surface area contributed by atoms with Crippen molar-refractivity contribution in [3.05, 3.63) is 39.4 Å². The minimum Gasteiger partial charge on any atom is -0.352 e. The molecule has 0 saturated carbocycles. The van der Waals surface area contributed by atoms with Crippen LogP contribution in [0.15, 0.2) is 18.2 Å². The predicted octanol–water partition coefficient (Wildman–Crippen LogP) is 2.52. The molecule has 2 rings (SSSR count). The van der Waals surface area contributed by atoms with Crippen molar-refractivity contribution in [1.82, 2.24) is 10.2 Å². The first-order valence-electron chi connectivity index (χ1n) is 7.48. The van der Waals surface area contributed by atoms with Gasteiger partial charge in [0.25, 0.3) is 11.6 Å².